The molecule has 1 aliphatic rings. The van der Waals surface area contributed by atoms with Crippen LogP contribution in [0.5, 0.6) is 5.75 Å². The lowest BCUT2D eigenvalue weighted by molar-refractivity contribution is -0.145. The van der Waals surface area contributed by atoms with Crippen molar-refractivity contribution in [3.63, 3.8) is 0 Å². The largest absolute Gasteiger partial charge is 0.614 e. The molecule has 0 radical (unpaired) electrons. The summed E-state index contributed by atoms with van der Waals surface area (Å²) in [4.78, 5) is 25.6. The van der Waals surface area contributed by atoms with Crippen molar-refractivity contribution in [3.8, 4) is 5.75 Å². The summed E-state index contributed by atoms with van der Waals surface area (Å²) in [5, 5.41) is -0.375. The Morgan fingerprint density at radius 1 is 1.15 bits per heavy atom. The van der Waals surface area contributed by atoms with Gasteiger partial charge in [-0.15, -0.1) is 0 Å². The zero-order valence-corrected chi connectivity index (χ0v) is 16.1. The molecule has 27 heavy (non-hydrogen) atoms. The topological polar surface area (TPSA) is 69.7 Å². The zero-order valence-electron chi connectivity index (χ0n) is 15.3. The van der Waals surface area contributed by atoms with Gasteiger partial charge in [0, 0.05) is 12.0 Å². The minimum absolute atomic E-state index is 0.00153. The van der Waals surface area contributed by atoms with Crippen molar-refractivity contribution in [2.45, 2.75) is 30.4 Å². The minimum atomic E-state index is -1.23. The van der Waals surface area contributed by atoms with E-state index in [1.54, 1.807) is 7.11 Å². The summed E-state index contributed by atoms with van der Waals surface area (Å²) in [6, 6.07) is 17.2. The van der Waals surface area contributed by atoms with Gasteiger partial charge in [-0.25, -0.2) is 0 Å². The van der Waals surface area contributed by atoms with E-state index < -0.39 is 11.2 Å². The first-order valence-electron chi connectivity index (χ1n) is 8.92. The predicted octanol–water partition coefficient (Wildman–Crippen LogP) is 2.70. The Balaban J connectivity index is 1.50. The van der Waals surface area contributed by atoms with Crippen LogP contribution < -0.4 is 4.74 Å². The van der Waals surface area contributed by atoms with Crippen LogP contribution in [0.15, 0.2) is 54.6 Å². The summed E-state index contributed by atoms with van der Waals surface area (Å²) >= 11 is -1.23. The summed E-state index contributed by atoms with van der Waals surface area (Å²) in [6.07, 6.45) is 1.28. The van der Waals surface area contributed by atoms with E-state index >= 15 is 0 Å². The molecule has 2 atom stereocenters. The van der Waals surface area contributed by atoms with Crippen LogP contribution in [0.3, 0.4) is 0 Å². The van der Waals surface area contributed by atoms with E-state index in [9.17, 15) is 14.1 Å². The molecule has 5 nitrogen and oxygen atoms in total. The smallest absolute Gasteiger partial charge is 0.233 e. The van der Waals surface area contributed by atoms with Gasteiger partial charge in [-0.3, -0.25) is 14.5 Å². The number of hydrogen-bond donors (Lipinski definition) is 0. The van der Waals surface area contributed by atoms with Gasteiger partial charge < -0.3 is 9.29 Å². The molecule has 2 aromatic rings. The summed E-state index contributed by atoms with van der Waals surface area (Å²) in [5.41, 5.74) is 2.02. The average Bonchev–Trinajstić information content (AvgIpc) is 2.70. The van der Waals surface area contributed by atoms with Crippen molar-refractivity contribution in [1.82, 2.24) is 4.90 Å². The monoisotopic (exact) mass is 385 g/mol. The highest BCUT2D eigenvalue weighted by atomic mass is 32.2. The molecule has 0 N–H and O–H groups in total. The molecule has 142 valence electrons. The van der Waals surface area contributed by atoms with E-state index in [1.807, 2.05) is 54.6 Å². The molecule has 2 unspecified atom stereocenters. The molecule has 1 heterocycles. The number of ketones is 1. The standard InChI is InChI=1S/C21H23NO4S/c1-26-19-11-8-17(9-12-19)15-27(25)21-13-20(24)22(21)14-18(23)10-7-16-5-3-2-4-6-16/h2-6,8-9,11-12,21H,7,10,13-15H2,1H3. The fourth-order valence-corrected chi connectivity index (χ4v) is 4.55. The number of Topliss-reactive ketones (excluding diaryl/α,β-unsaturated/α-hetero) is 1. The van der Waals surface area contributed by atoms with Gasteiger partial charge in [0.2, 0.25) is 5.91 Å². The maximum Gasteiger partial charge on any atom is 0.233 e. The Morgan fingerprint density at radius 3 is 2.48 bits per heavy atom. The highest BCUT2D eigenvalue weighted by Gasteiger charge is 2.45. The Labute approximate surface area is 162 Å². The van der Waals surface area contributed by atoms with Crippen LogP contribution in [0, 0.1) is 0 Å². The van der Waals surface area contributed by atoms with Gasteiger partial charge in [0.25, 0.3) is 0 Å². The first-order valence-corrected chi connectivity index (χ1v) is 10.3. The van der Waals surface area contributed by atoms with Crippen LogP contribution in [0.2, 0.25) is 0 Å². The molecule has 2 aromatic carbocycles. The minimum Gasteiger partial charge on any atom is -0.614 e. The molecular formula is C21H23NO4S. The number of likely N-dealkylation sites (tertiary alicyclic amines) is 1. The van der Waals surface area contributed by atoms with Crippen LogP contribution in [0.25, 0.3) is 0 Å². The van der Waals surface area contributed by atoms with Gasteiger partial charge in [0.05, 0.1) is 20.1 Å². The normalized spacial score (nSPS) is 17.3. The summed E-state index contributed by atoms with van der Waals surface area (Å²) in [6.45, 7) is 0.0463. The summed E-state index contributed by atoms with van der Waals surface area (Å²) < 4.78 is 17.8. The third kappa shape index (κ3) is 5.11. The van der Waals surface area contributed by atoms with Gasteiger partial charge in [0.1, 0.15) is 11.5 Å². The third-order valence-electron chi connectivity index (χ3n) is 4.67. The first-order chi connectivity index (χ1) is 13.1. The number of benzene rings is 2. The zero-order chi connectivity index (χ0) is 19.2. The van der Waals surface area contributed by atoms with Gasteiger partial charge in [-0.1, -0.05) is 42.5 Å². The lowest BCUT2D eigenvalue weighted by Gasteiger charge is -2.39. The fourth-order valence-electron chi connectivity index (χ4n) is 3.03. The molecular weight excluding hydrogens is 362 g/mol. The van der Waals surface area contributed by atoms with Crippen molar-refractivity contribution in [2.75, 3.05) is 13.7 Å². The van der Waals surface area contributed by atoms with Crippen molar-refractivity contribution in [3.05, 3.63) is 65.7 Å². The van der Waals surface area contributed by atoms with Crippen LogP contribution in [0.1, 0.15) is 24.0 Å². The molecule has 1 amide bonds. The number of methoxy groups -OCH3 is 1. The van der Waals surface area contributed by atoms with E-state index in [2.05, 4.69) is 0 Å². The highest BCUT2D eigenvalue weighted by Crippen LogP contribution is 2.27. The number of ether oxygens (including phenoxy) is 1. The second-order valence-electron chi connectivity index (χ2n) is 6.58. The van der Waals surface area contributed by atoms with Gasteiger partial charge in [-0.2, -0.15) is 0 Å². The first kappa shape index (κ1) is 19.5. The molecule has 1 saturated heterocycles. The molecule has 0 spiro atoms. The van der Waals surface area contributed by atoms with E-state index in [4.69, 9.17) is 4.74 Å². The number of amides is 1. The van der Waals surface area contributed by atoms with Crippen LogP contribution in [-0.4, -0.2) is 40.2 Å². The summed E-state index contributed by atoms with van der Waals surface area (Å²) in [7, 11) is 1.60. The average molecular weight is 385 g/mol. The Kier molecular flexibility index (Phi) is 6.53. The van der Waals surface area contributed by atoms with Crippen molar-refractivity contribution in [1.29, 1.82) is 0 Å². The van der Waals surface area contributed by atoms with Crippen LogP contribution in [-0.2, 0) is 32.9 Å². The van der Waals surface area contributed by atoms with Crippen LogP contribution in [0.4, 0.5) is 0 Å². The summed E-state index contributed by atoms with van der Waals surface area (Å²) in [5.74, 6) is 1.000. The van der Waals surface area contributed by atoms with Gasteiger partial charge in [0.15, 0.2) is 11.2 Å². The second-order valence-corrected chi connectivity index (χ2v) is 8.17. The highest BCUT2D eigenvalue weighted by molar-refractivity contribution is 7.91. The number of aryl methyl sites for hydroxylation is 1. The van der Waals surface area contributed by atoms with E-state index in [0.29, 0.717) is 18.6 Å². The molecule has 0 aromatic heterocycles. The molecule has 0 aliphatic carbocycles. The Bertz CT molecular complexity index is 779. The SMILES string of the molecule is COc1ccc(C[S+]([O-])C2CC(=O)N2CC(=O)CCc2ccccc2)cc1. The lowest BCUT2D eigenvalue weighted by atomic mass is 10.1. The van der Waals surface area contributed by atoms with Gasteiger partial charge >= 0.3 is 0 Å². The number of nitrogens with zero attached hydrogens (tertiary/aromatic N) is 1. The maximum absolute atomic E-state index is 12.6. The number of rotatable bonds is 9. The van der Waals surface area contributed by atoms with E-state index in [-0.39, 0.29) is 30.0 Å². The molecule has 1 aliphatic heterocycles. The number of hydrogen-bond acceptors (Lipinski definition) is 4. The number of β-lactam (4-membered cyclic amide) rings is 1. The second kappa shape index (κ2) is 9.06. The van der Waals surface area contributed by atoms with Crippen molar-refractivity contribution >= 4 is 22.9 Å². The molecule has 0 saturated carbocycles. The van der Waals surface area contributed by atoms with E-state index in [0.717, 1.165) is 16.9 Å². The quantitative estimate of drug-likeness (QED) is 0.492. The molecule has 0 bridgehead atoms. The fraction of sp³-hybridized carbons (Fsp3) is 0.333. The van der Waals surface area contributed by atoms with Gasteiger partial charge in [-0.05, 0) is 35.3 Å². The number of carbonyl (C=O) groups is 2. The molecule has 3 rings (SSSR count). The maximum atomic E-state index is 12.6. The van der Waals surface area contributed by atoms with Crippen molar-refractivity contribution in [2.24, 2.45) is 0 Å². The Morgan fingerprint density at radius 2 is 1.85 bits per heavy atom. The Hall–Kier alpha value is -2.31. The number of carbonyl (C=O) groups excluding carboxylic acids is 2. The lowest BCUT2D eigenvalue weighted by Crippen LogP contribution is -2.58. The third-order valence-corrected chi connectivity index (χ3v) is 6.32. The molecule has 1 fully saturated rings. The predicted molar refractivity (Wildman–Crippen MR) is 105 cm³/mol. The van der Waals surface area contributed by atoms with E-state index in [1.165, 1.54) is 4.90 Å². The van der Waals surface area contributed by atoms with Crippen LogP contribution >= 0.6 is 0 Å². The molecule has 6 heteroatoms. The van der Waals surface area contributed by atoms with Crippen molar-refractivity contribution < 1.29 is 18.9 Å².